The average molecular weight is 210 g/mol. The van der Waals surface area contributed by atoms with Crippen LogP contribution in [0.25, 0.3) is 0 Å². The van der Waals surface area contributed by atoms with Crippen molar-refractivity contribution in [2.24, 2.45) is 0 Å². The van der Waals surface area contributed by atoms with Gasteiger partial charge in [0.2, 0.25) is 0 Å². The van der Waals surface area contributed by atoms with Crippen molar-refractivity contribution in [1.82, 2.24) is 0 Å². The van der Waals surface area contributed by atoms with E-state index in [1.807, 2.05) is 6.92 Å². The number of aldehydes is 1. The van der Waals surface area contributed by atoms with Gasteiger partial charge in [-0.05, 0) is 36.5 Å². The minimum atomic E-state index is -0.480. The molecule has 0 amide bonds. The van der Waals surface area contributed by atoms with Crippen LogP contribution in [0.15, 0.2) is 12.1 Å². The molecule has 0 bridgehead atoms. The van der Waals surface area contributed by atoms with Gasteiger partial charge in [0.15, 0.2) is 0 Å². The zero-order valence-electron chi connectivity index (χ0n) is 8.47. The van der Waals surface area contributed by atoms with Crippen LogP contribution in [0.3, 0.4) is 0 Å². The van der Waals surface area contributed by atoms with E-state index in [9.17, 15) is 13.6 Å². The second kappa shape index (κ2) is 3.72. The first kappa shape index (κ1) is 10.3. The number of carbonyl (C=O) groups excluding carboxylic acids is 1. The van der Waals surface area contributed by atoms with Crippen LogP contribution >= 0.6 is 0 Å². The summed E-state index contributed by atoms with van der Waals surface area (Å²) < 4.78 is 27.1. The summed E-state index contributed by atoms with van der Waals surface area (Å²) in [6, 6.07) is 2.24. The Labute approximate surface area is 87.1 Å². The van der Waals surface area contributed by atoms with Crippen molar-refractivity contribution in [2.45, 2.75) is 31.6 Å². The van der Waals surface area contributed by atoms with Crippen LogP contribution in [0.1, 0.15) is 42.7 Å². The van der Waals surface area contributed by atoms with Crippen LogP contribution in [-0.4, -0.2) is 6.29 Å². The molecule has 2 rings (SSSR count). The van der Waals surface area contributed by atoms with E-state index in [4.69, 9.17) is 0 Å². The Morgan fingerprint density at radius 2 is 1.80 bits per heavy atom. The van der Waals surface area contributed by atoms with Gasteiger partial charge >= 0.3 is 0 Å². The molecule has 0 spiro atoms. The molecule has 0 saturated carbocycles. The number of benzene rings is 1. The molecular formula is C12H12F2O. The Hall–Kier alpha value is -1.25. The second-order valence-corrected chi connectivity index (χ2v) is 4.08. The predicted octanol–water partition coefficient (Wildman–Crippen LogP) is 3.14. The average Bonchev–Trinajstić information content (AvgIpc) is 2.23. The van der Waals surface area contributed by atoms with E-state index in [1.165, 1.54) is 0 Å². The zero-order valence-corrected chi connectivity index (χ0v) is 8.47. The van der Waals surface area contributed by atoms with E-state index in [-0.39, 0.29) is 11.5 Å². The van der Waals surface area contributed by atoms with Gasteiger partial charge in [-0.1, -0.05) is 6.92 Å². The third kappa shape index (κ3) is 1.56. The molecule has 0 radical (unpaired) electrons. The Bertz CT molecular complexity index is 401. The summed E-state index contributed by atoms with van der Waals surface area (Å²) in [5.74, 6) is -1.35. The molecule has 15 heavy (non-hydrogen) atoms. The molecule has 1 aromatic rings. The van der Waals surface area contributed by atoms with Gasteiger partial charge in [-0.2, -0.15) is 0 Å². The Kier molecular flexibility index (Phi) is 2.55. The predicted molar refractivity (Wildman–Crippen MR) is 52.8 cm³/mol. The lowest BCUT2D eigenvalue weighted by atomic mass is 9.77. The molecule has 1 aliphatic carbocycles. The molecular weight excluding hydrogens is 198 g/mol. The highest BCUT2D eigenvalue weighted by Gasteiger charge is 2.29. The van der Waals surface area contributed by atoms with E-state index < -0.39 is 17.6 Å². The number of halogens is 2. The highest BCUT2D eigenvalue weighted by atomic mass is 19.1. The maximum Gasteiger partial charge on any atom is 0.127 e. The lowest BCUT2D eigenvalue weighted by Gasteiger charge is -2.27. The van der Waals surface area contributed by atoms with E-state index in [0.29, 0.717) is 18.3 Å². The molecule has 3 heteroatoms. The standard InChI is InChI=1S/C12H12F2O/c1-7-2-3-8(6-15)12-10(14)5-4-9(13)11(7)12/h4-8H,2-3H2,1H3. The lowest BCUT2D eigenvalue weighted by Crippen LogP contribution is -2.17. The third-order valence-corrected chi connectivity index (χ3v) is 3.12. The Balaban J connectivity index is 2.65. The topological polar surface area (TPSA) is 17.1 Å². The first-order valence-electron chi connectivity index (χ1n) is 5.08. The first-order chi connectivity index (χ1) is 7.15. The summed E-state index contributed by atoms with van der Waals surface area (Å²) in [6.07, 6.45) is 2.06. The van der Waals surface area contributed by atoms with Gasteiger partial charge in [0.1, 0.15) is 17.9 Å². The van der Waals surface area contributed by atoms with E-state index in [2.05, 4.69) is 0 Å². The summed E-state index contributed by atoms with van der Waals surface area (Å²) >= 11 is 0. The molecule has 2 unspecified atom stereocenters. The minimum Gasteiger partial charge on any atom is -0.303 e. The molecule has 0 aliphatic heterocycles. The molecule has 1 aliphatic rings. The maximum absolute atomic E-state index is 13.5. The SMILES string of the molecule is CC1CCC(C=O)c2c(F)ccc(F)c21. The number of fused-ring (bicyclic) bond motifs is 1. The van der Waals surface area contributed by atoms with Crippen molar-refractivity contribution in [3.63, 3.8) is 0 Å². The molecule has 2 atom stereocenters. The van der Waals surface area contributed by atoms with Gasteiger partial charge in [0.05, 0.1) is 0 Å². The lowest BCUT2D eigenvalue weighted by molar-refractivity contribution is -0.109. The van der Waals surface area contributed by atoms with Crippen molar-refractivity contribution in [3.8, 4) is 0 Å². The summed E-state index contributed by atoms with van der Waals surface area (Å²) in [5.41, 5.74) is 0.655. The van der Waals surface area contributed by atoms with Gasteiger partial charge in [-0.15, -0.1) is 0 Å². The minimum absolute atomic E-state index is 0.00750. The van der Waals surface area contributed by atoms with Gasteiger partial charge in [0.25, 0.3) is 0 Å². The summed E-state index contributed by atoms with van der Waals surface area (Å²) in [6.45, 7) is 1.86. The Morgan fingerprint density at radius 3 is 2.40 bits per heavy atom. The van der Waals surface area contributed by atoms with E-state index in [0.717, 1.165) is 18.6 Å². The molecule has 0 saturated heterocycles. The molecule has 0 heterocycles. The van der Waals surface area contributed by atoms with Gasteiger partial charge in [-0.3, -0.25) is 0 Å². The Morgan fingerprint density at radius 1 is 1.20 bits per heavy atom. The fourth-order valence-electron chi connectivity index (χ4n) is 2.32. The van der Waals surface area contributed by atoms with Crippen LogP contribution in [0, 0.1) is 11.6 Å². The zero-order chi connectivity index (χ0) is 11.0. The van der Waals surface area contributed by atoms with Crippen molar-refractivity contribution < 1.29 is 13.6 Å². The molecule has 1 aromatic carbocycles. The maximum atomic E-state index is 13.5. The number of carbonyl (C=O) groups is 1. The number of hydrogen-bond donors (Lipinski definition) is 0. The summed E-state index contributed by atoms with van der Waals surface area (Å²) in [7, 11) is 0. The van der Waals surface area contributed by atoms with Crippen molar-refractivity contribution in [3.05, 3.63) is 34.9 Å². The van der Waals surface area contributed by atoms with Crippen molar-refractivity contribution >= 4 is 6.29 Å². The highest BCUT2D eigenvalue weighted by molar-refractivity contribution is 5.64. The van der Waals surface area contributed by atoms with Crippen molar-refractivity contribution in [2.75, 3.05) is 0 Å². The van der Waals surface area contributed by atoms with Crippen LogP contribution in [0.2, 0.25) is 0 Å². The van der Waals surface area contributed by atoms with Crippen LogP contribution in [0.4, 0.5) is 8.78 Å². The monoisotopic (exact) mass is 210 g/mol. The largest absolute Gasteiger partial charge is 0.303 e. The highest BCUT2D eigenvalue weighted by Crippen LogP contribution is 2.40. The molecule has 1 nitrogen and oxygen atoms in total. The van der Waals surface area contributed by atoms with Gasteiger partial charge < -0.3 is 4.79 Å². The molecule has 0 fully saturated rings. The fourth-order valence-corrected chi connectivity index (χ4v) is 2.32. The number of hydrogen-bond acceptors (Lipinski definition) is 1. The van der Waals surface area contributed by atoms with E-state index >= 15 is 0 Å². The van der Waals surface area contributed by atoms with Crippen molar-refractivity contribution in [1.29, 1.82) is 0 Å². The van der Waals surface area contributed by atoms with Gasteiger partial charge in [-0.25, -0.2) is 8.78 Å². The van der Waals surface area contributed by atoms with Crippen LogP contribution in [0.5, 0.6) is 0 Å². The first-order valence-corrected chi connectivity index (χ1v) is 5.08. The molecule has 0 N–H and O–H groups in total. The number of rotatable bonds is 1. The van der Waals surface area contributed by atoms with Crippen LogP contribution < -0.4 is 0 Å². The quantitative estimate of drug-likeness (QED) is 0.651. The van der Waals surface area contributed by atoms with Gasteiger partial charge in [0, 0.05) is 11.5 Å². The van der Waals surface area contributed by atoms with Crippen LogP contribution in [-0.2, 0) is 4.79 Å². The summed E-state index contributed by atoms with van der Waals surface area (Å²) in [4.78, 5) is 10.8. The third-order valence-electron chi connectivity index (χ3n) is 3.12. The second-order valence-electron chi connectivity index (χ2n) is 4.08. The molecule has 80 valence electrons. The van der Waals surface area contributed by atoms with E-state index in [1.54, 1.807) is 0 Å². The normalized spacial score (nSPS) is 24.7. The molecule has 0 aromatic heterocycles. The fraction of sp³-hybridized carbons (Fsp3) is 0.417. The smallest absolute Gasteiger partial charge is 0.127 e. The summed E-state index contributed by atoms with van der Waals surface area (Å²) in [5, 5.41) is 0.